The fourth-order valence-electron chi connectivity index (χ4n) is 2.02. The lowest BCUT2D eigenvalue weighted by atomic mass is 10.1. The van der Waals surface area contributed by atoms with Crippen molar-refractivity contribution >= 4 is 0 Å². The molecule has 0 aromatic heterocycles. The number of aliphatic hydroxyl groups is 1. The summed E-state index contributed by atoms with van der Waals surface area (Å²) >= 11 is 0. The first-order valence-electron chi connectivity index (χ1n) is 7.05. The standard InChI is InChI=1S/C15H23NO4/c1-10(17)11(2)20-15(9-16)12-4-5-13-14(8-12)19-7-3-6-18-13/h4-5,8,10-11,15,17H,3,6-7,9,16H2,1-2H3. The first kappa shape index (κ1) is 15.1. The van der Waals surface area contributed by atoms with Gasteiger partial charge in [0.1, 0.15) is 0 Å². The molecule has 0 spiro atoms. The second kappa shape index (κ2) is 6.92. The molecule has 0 fully saturated rings. The summed E-state index contributed by atoms with van der Waals surface area (Å²) in [7, 11) is 0. The quantitative estimate of drug-likeness (QED) is 0.858. The minimum Gasteiger partial charge on any atom is -0.490 e. The Morgan fingerprint density at radius 2 is 1.95 bits per heavy atom. The van der Waals surface area contributed by atoms with Gasteiger partial charge in [-0.3, -0.25) is 0 Å². The van der Waals surface area contributed by atoms with Crippen molar-refractivity contribution in [1.82, 2.24) is 0 Å². The number of aliphatic hydroxyl groups excluding tert-OH is 1. The van der Waals surface area contributed by atoms with Crippen LogP contribution in [0.1, 0.15) is 31.9 Å². The largest absolute Gasteiger partial charge is 0.490 e. The van der Waals surface area contributed by atoms with Gasteiger partial charge in [0.15, 0.2) is 11.5 Å². The summed E-state index contributed by atoms with van der Waals surface area (Å²) < 4.78 is 17.1. The van der Waals surface area contributed by atoms with E-state index in [0.29, 0.717) is 19.8 Å². The average Bonchev–Trinajstić information content (AvgIpc) is 2.68. The first-order valence-corrected chi connectivity index (χ1v) is 7.05. The Morgan fingerprint density at radius 3 is 2.60 bits per heavy atom. The number of nitrogens with two attached hydrogens (primary N) is 1. The highest BCUT2D eigenvalue weighted by Crippen LogP contribution is 2.33. The van der Waals surface area contributed by atoms with Gasteiger partial charge in [-0.05, 0) is 31.5 Å². The zero-order valence-electron chi connectivity index (χ0n) is 12.0. The highest BCUT2D eigenvalue weighted by molar-refractivity contribution is 5.44. The molecule has 3 unspecified atom stereocenters. The molecule has 0 aliphatic carbocycles. The number of hydrogen-bond donors (Lipinski definition) is 2. The molecule has 0 bridgehead atoms. The minimum absolute atomic E-state index is 0.267. The molecule has 0 radical (unpaired) electrons. The van der Waals surface area contributed by atoms with Gasteiger partial charge >= 0.3 is 0 Å². The highest BCUT2D eigenvalue weighted by atomic mass is 16.5. The van der Waals surface area contributed by atoms with Crippen molar-refractivity contribution in [2.24, 2.45) is 5.73 Å². The van der Waals surface area contributed by atoms with Crippen LogP contribution in [0.25, 0.3) is 0 Å². The van der Waals surface area contributed by atoms with Gasteiger partial charge in [-0.2, -0.15) is 0 Å². The molecule has 0 saturated heterocycles. The van der Waals surface area contributed by atoms with Crippen molar-refractivity contribution in [2.45, 2.75) is 38.6 Å². The van der Waals surface area contributed by atoms with Gasteiger partial charge in [0.05, 0.1) is 31.5 Å². The molecule has 20 heavy (non-hydrogen) atoms. The van der Waals surface area contributed by atoms with Crippen LogP contribution in [0.2, 0.25) is 0 Å². The molecular weight excluding hydrogens is 258 g/mol. The lowest BCUT2D eigenvalue weighted by Gasteiger charge is -2.24. The molecule has 2 rings (SSSR count). The lowest BCUT2D eigenvalue weighted by Crippen LogP contribution is -2.28. The van der Waals surface area contributed by atoms with Crippen molar-refractivity contribution in [3.63, 3.8) is 0 Å². The number of hydrogen-bond acceptors (Lipinski definition) is 5. The van der Waals surface area contributed by atoms with E-state index in [4.69, 9.17) is 19.9 Å². The van der Waals surface area contributed by atoms with Gasteiger partial charge in [0, 0.05) is 13.0 Å². The normalized spacial score (nSPS) is 19.0. The van der Waals surface area contributed by atoms with Crippen LogP contribution in [-0.2, 0) is 4.74 Å². The van der Waals surface area contributed by atoms with Gasteiger partial charge < -0.3 is 25.1 Å². The van der Waals surface area contributed by atoms with E-state index >= 15 is 0 Å². The summed E-state index contributed by atoms with van der Waals surface area (Å²) in [5.41, 5.74) is 6.72. The van der Waals surface area contributed by atoms with Crippen LogP contribution in [0, 0.1) is 0 Å². The van der Waals surface area contributed by atoms with Crippen molar-refractivity contribution in [2.75, 3.05) is 19.8 Å². The number of ether oxygens (including phenoxy) is 3. The van der Waals surface area contributed by atoms with Crippen molar-refractivity contribution in [3.8, 4) is 11.5 Å². The van der Waals surface area contributed by atoms with E-state index in [-0.39, 0.29) is 12.2 Å². The molecule has 1 aliphatic rings. The van der Waals surface area contributed by atoms with Crippen LogP contribution in [0.5, 0.6) is 11.5 Å². The Morgan fingerprint density at radius 1 is 1.25 bits per heavy atom. The Hall–Kier alpha value is -1.30. The molecule has 5 heteroatoms. The Labute approximate surface area is 119 Å². The van der Waals surface area contributed by atoms with Crippen LogP contribution in [0.4, 0.5) is 0 Å². The van der Waals surface area contributed by atoms with E-state index in [0.717, 1.165) is 23.5 Å². The maximum absolute atomic E-state index is 9.53. The van der Waals surface area contributed by atoms with Gasteiger partial charge in [0.25, 0.3) is 0 Å². The molecule has 1 heterocycles. The lowest BCUT2D eigenvalue weighted by molar-refractivity contribution is -0.0592. The van der Waals surface area contributed by atoms with E-state index < -0.39 is 6.10 Å². The van der Waals surface area contributed by atoms with Gasteiger partial charge in [-0.15, -0.1) is 0 Å². The minimum atomic E-state index is -0.538. The van der Waals surface area contributed by atoms with Crippen LogP contribution in [0.3, 0.4) is 0 Å². The Bertz CT molecular complexity index is 436. The Balaban J connectivity index is 2.15. The van der Waals surface area contributed by atoms with Crippen LogP contribution < -0.4 is 15.2 Å². The van der Waals surface area contributed by atoms with E-state index in [1.807, 2.05) is 25.1 Å². The predicted octanol–water partition coefficient (Wildman–Crippen LogP) is 1.63. The molecule has 1 aliphatic heterocycles. The number of fused-ring (bicyclic) bond motifs is 1. The van der Waals surface area contributed by atoms with Gasteiger partial charge in [-0.1, -0.05) is 6.07 Å². The molecule has 5 nitrogen and oxygen atoms in total. The molecular formula is C15H23NO4. The smallest absolute Gasteiger partial charge is 0.161 e. The summed E-state index contributed by atoms with van der Waals surface area (Å²) in [6, 6.07) is 5.72. The van der Waals surface area contributed by atoms with Crippen molar-refractivity contribution in [3.05, 3.63) is 23.8 Å². The van der Waals surface area contributed by atoms with Gasteiger partial charge in [-0.25, -0.2) is 0 Å². The molecule has 3 atom stereocenters. The molecule has 1 aromatic rings. The molecule has 3 N–H and O–H groups in total. The van der Waals surface area contributed by atoms with Crippen LogP contribution in [-0.4, -0.2) is 37.1 Å². The van der Waals surface area contributed by atoms with Crippen molar-refractivity contribution in [1.29, 1.82) is 0 Å². The summed E-state index contributed by atoms with van der Waals surface area (Å²) in [6.07, 6.45) is -0.208. The SMILES string of the molecule is CC(O)C(C)OC(CN)c1ccc2c(c1)OCCCO2. The second-order valence-corrected chi connectivity index (χ2v) is 5.06. The molecule has 0 saturated carbocycles. The van der Waals surface area contributed by atoms with E-state index in [1.54, 1.807) is 6.92 Å². The van der Waals surface area contributed by atoms with E-state index in [9.17, 15) is 5.11 Å². The number of benzene rings is 1. The fraction of sp³-hybridized carbons (Fsp3) is 0.600. The van der Waals surface area contributed by atoms with Gasteiger partial charge in [0.2, 0.25) is 0 Å². The fourth-order valence-corrected chi connectivity index (χ4v) is 2.02. The zero-order valence-corrected chi connectivity index (χ0v) is 12.0. The van der Waals surface area contributed by atoms with Crippen LogP contribution in [0.15, 0.2) is 18.2 Å². The third-order valence-electron chi connectivity index (χ3n) is 3.42. The third kappa shape index (κ3) is 3.62. The maximum atomic E-state index is 9.53. The molecule has 0 amide bonds. The monoisotopic (exact) mass is 281 g/mol. The highest BCUT2D eigenvalue weighted by Gasteiger charge is 2.20. The third-order valence-corrected chi connectivity index (χ3v) is 3.42. The van der Waals surface area contributed by atoms with E-state index in [2.05, 4.69) is 0 Å². The summed E-state index contributed by atoms with van der Waals surface area (Å²) in [5.74, 6) is 1.48. The van der Waals surface area contributed by atoms with E-state index in [1.165, 1.54) is 0 Å². The summed E-state index contributed by atoms with van der Waals surface area (Å²) in [5, 5.41) is 9.53. The van der Waals surface area contributed by atoms with Crippen molar-refractivity contribution < 1.29 is 19.3 Å². The Kier molecular flexibility index (Phi) is 5.23. The average molecular weight is 281 g/mol. The summed E-state index contributed by atoms with van der Waals surface area (Å²) in [6.45, 7) is 5.19. The first-order chi connectivity index (χ1) is 9.61. The predicted molar refractivity (Wildman–Crippen MR) is 76.1 cm³/mol. The summed E-state index contributed by atoms with van der Waals surface area (Å²) in [4.78, 5) is 0. The molecule has 1 aromatic carbocycles. The second-order valence-electron chi connectivity index (χ2n) is 5.06. The topological polar surface area (TPSA) is 73.9 Å². The molecule has 112 valence electrons. The number of rotatable bonds is 5. The van der Waals surface area contributed by atoms with Crippen LogP contribution >= 0.6 is 0 Å². The maximum Gasteiger partial charge on any atom is 0.161 e. The zero-order chi connectivity index (χ0) is 14.5.